The van der Waals surface area contributed by atoms with Crippen LogP contribution < -0.4 is 11.1 Å². The van der Waals surface area contributed by atoms with Crippen molar-refractivity contribution in [2.45, 2.75) is 50.6 Å². The molecule has 142 valence electrons. The number of piperidine rings is 1. The van der Waals surface area contributed by atoms with Gasteiger partial charge in [0.05, 0.1) is 16.0 Å². The summed E-state index contributed by atoms with van der Waals surface area (Å²) in [6.07, 6.45) is 5.41. The topological polar surface area (TPSA) is 75.4 Å². The van der Waals surface area contributed by atoms with Crippen molar-refractivity contribution >= 4 is 35.0 Å². The molecule has 3 rings (SSSR count). The summed E-state index contributed by atoms with van der Waals surface area (Å²) >= 11 is 11.9. The van der Waals surface area contributed by atoms with Crippen molar-refractivity contribution in [3.63, 3.8) is 0 Å². The zero-order valence-electron chi connectivity index (χ0n) is 14.7. The molecular formula is C19H25Cl2N3O2. The SMILES string of the molecule is NC1CCC(NC(=O)C2CCCN(C(=O)c3ccc(Cl)c(Cl)c3)C2)CC1. The lowest BCUT2D eigenvalue weighted by Gasteiger charge is -2.34. The third kappa shape index (κ3) is 4.70. The second-order valence-corrected chi connectivity index (χ2v) is 8.15. The molecule has 1 aliphatic carbocycles. The largest absolute Gasteiger partial charge is 0.353 e. The van der Waals surface area contributed by atoms with Crippen LogP contribution in [-0.4, -0.2) is 41.9 Å². The summed E-state index contributed by atoms with van der Waals surface area (Å²) in [5.74, 6) is -0.215. The molecule has 0 bridgehead atoms. The van der Waals surface area contributed by atoms with Gasteiger partial charge in [-0.25, -0.2) is 0 Å². The van der Waals surface area contributed by atoms with E-state index in [4.69, 9.17) is 28.9 Å². The van der Waals surface area contributed by atoms with Gasteiger partial charge in [-0.05, 0) is 56.7 Å². The fourth-order valence-electron chi connectivity index (χ4n) is 3.77. The Balaban J connectivity index is 1.58. The van der Waals surface area contributed by atoms with Crippen molar-refractivity contribution in [1.82, 2.24) is 10.2 Å². The number of nitrogens with one attached hydrogen (secondary N) is 1. The lowest BCUT2D eigenvalue weighted by atomic mass is 9.90. The third-order valence-corrected chi connectivity index (χ3v) is 6.10. The van der Waals surface area contributed by atoms with Crippen LogP contribution in [0, 0.1) is 5.92 Å². The highest BCUT2D eigenvalue weighted by molar-refractivity contribution is 6.42. The molecule has 2 amide bonds. The highest BCUT2D eigenvalue weighted by Crippen LogP contribution is 2.25. The van der Waals surface area contributed by atoms with Crippen LogP contribution in [0.4, 0.5) is 0 Å². The number of nitrogens with two attached hydrogens (primary N) is 1. The molecule has 2 aliphatic rings. The van der Waals surface area contributed by atoms with Crippen molar-refractivity contribution < 1.29 is 9.59 Å². The summed E-state index contributed by atoms with van der Waals surface area (Å²) in [4.78, 5) is 27.1. The standard InChI is InChI=1S/C19H25Cl2N3O2/c20-16-8-3-12(10-17(16)21)19(26)24-9-1-2-13(11-24)18(25)23-15-6-4-14(22)5-7-15/h3,8,10,13-15H,1-2,4-7,9,11,22H2,(H,23,25). The number of benzene rings is 1. The van der Waals surface area contributed by atoms with E-state index in [2.05, 4.69) is 5.32 Å². The molecule has 1 saturated heterocycles. The first kappa shape index (κ1) is 19.5. The van der Waals surface area contributed by atoms with Gasteiger partial charge in [-0.2, -0.15) is 0 Å². The maximum Gasteiger partial charge on any atom is 0.253 e. The Morgan fingerprint density at radius 1 is 1.08 bits per heavy atom. The minimum Gasteiger partial charge on any atom is -0.353 e. The van der Waals surface area contributed by atoms with Gasteiger partial charge in [0.25, 0.3) is 5.91 Å². The molecule has 5 nitrogen and oxygen atoms in total. The fourth-order valence-corrected chi connectivity index (χ4v) is 4.07. The highest BCUT2D eigenvalue weighted by Gasteiger charge is 2.30. The van der Waals surface area contributed by atoms with Gasteiger partial charge in [0.15, 0.2) is 0 Å². The van der Waals surface area contributed by atoms with Gasteiger partial charge < -0.3 is 16.0 Å². The predicted octanol–water partition coefficient (Wildman–Crippen LogP) is 3.23. The molecule has 3 N–H and O–H groups in total. The van der Waals surface area contributed by atoms with Crippen LogP contribution in [0.2, 0.25) is 10.0 Å². The molecule has 0 spiro atoms. The molecule has 1 heterocycles. The fraction of sp³-hybridized carbons (Fsp3) is 0.579. The first-order valence-corrected chi connectivity index (χ1v) is 10.00. The van der Waals surface area contributed by atoms with Gasteiger partial charge in [0, 0.05) is 30.7 Å². The Labute approximate surface area is 164 Å². The van der Waals surface area contributed by atoms with Crippen molar-refractivity contribution in [1.29, 1.82) is 0 Å². The van der Waals surface area contributed by atoms with Crippen molar-refractivity contribution in [2.24, 2.45) is 11.7 Å². The Hall–Kier alpha value is -1.30. The Morgan fingerprint density at radius 2 is 1.81 bits per heavy atom. The van der Waals surface area contributed by atoms with Gasteiger partial charge in [-0.1, -0.05) is 23.2 Å². The molecule has 1 saturated carbocycles. The lowest BCUT2D eigenvalue weighted by molar-refractivity contribution is -0.127. The molecule has 0 aromatic heterocycles. The van der Waals surface area contributed by atoms with Gasteiger partial charge in [0.1, 0.15) is 0 Å². The highest BCUT2D eigenvalue weighted by atomic mass is 35.5. The maximum atomic E-state index is 12.7. The Kier molecular flexibility index (Phi) is 6.43. The number of carbonyl (C=O) groups is 2. The molecule has 7 heteroatoms. The van der Waals surface area contributed by atoms with Crippen LogP contribution in [0.3, 0.4) is 0 Å². The van der Waals surface area contributed by atoms with Gasteiger partial charge in [-0.3, -0.25) is 9.59 Å². The third-order valence-electron chi connectivity index (χ3n) is 5.36. The molecule has 0 radical (unpaired) electrons. The van der Waals surface area contributed by atoms with Crippen molar-refractivity contribution in [3.8, 4) is 0 Å². The van der Waals surface area contributed by atoms with E-state index < -0.39 is 0 Å². The smallest absolute Gasteiger partial charge is 0.253 e. The normalized spacial score (nSPS) is 26.4. The average Bonchev–Trinajstić information content (AvgIpc) is 2.65. The van der Waals surface area contributed by atoms with E-state index in [0.717, 1.165) is 38.5 Å². The second kappa shape index (κ2) is 8.59. The number of likely N-dealkylation sites (tertiary alicyclic amines) is 1. The quantitative estimate of drug-likeness (QED) is 0.821. The van der Waals surface area contributed by atoms with E-state index in [1.54, 1.807) is 23.1 Å². The minimum absolute atomic E-state index is 0.0529. The summed E-state index contributed by atoms with van der Waals surface area (Å²) < 4.78 is 0. The monoisotopic (exact) mass is 397 g/mol. The summed E-state index contributed by atoms with van der Waals surface area (Å²) in [6.45, 7) is 1.10. The molecule has 1 aliphatic heterocycles. The van der Waals surface area contributed by atoms with Gasteiger partial charge >= 0.3 is 0 Å². The summed E-state index contributed by atoms with van der Waals surface area (Å²) in [7, 11) is 0. The number of carbonyl (C=O) groups excluding carboxylic acids is 2. The number of hydrogen-bond acceptors (Lipinski definition) is 3. The van der Waals surface area contributed by atoms with Crippen LogP contribution in [0.25, 0.3) is 0 Å². The van der Waals surface area contributed by atoms with E-state index in [1.165, 1.54) is 0 Å². The maximum absolute atomic E-state index is 12.7. The Morgan fingerprint density at radius 3 is 2.50 bits per heavy atom. The van der Waals surface area contributed by atoms with Crippen molar-refractivity contribution in [2.75, 3.05) is 13.1 Å². The van der Waals surface area contributed by atoms with Crippen LogP contribution in [0.1, 0.15) is 48.9 Å². The van der Waals surface area contributed by atoms with E-state index in [1.807, 2.05) is 0 Å². The summed E-state index contributed by atoms with van der Waals surface area (Å²) in [6, 6.07) is 5.35. The number of amides is 2. The predicted molar refractivity (Wildman–Crippen MR) is 103 cm³/mol. The first-order chi connectivity index (χ1) is 12.4. The molecule has 1 atom stereocenters. The summed E-state index contributed by atoms with van der Waals surface area (Å²) in [5, 5.41) is 3.94. The van der Waals surface area contributed by atoms with E-state index >= 15 is 0 Å². The lowest BCUT2D eigenvalue weighted by Crippen LogP contribution is -2.48. The van der Waals surface area contributed by atoms with Gasteiger partial charge in [0.2, 0.25) is 5.91 Å². The number of nitrogens with zero attached hydrogens (tertiary/aromatic N) is 1. The zero-order valence-corrected chi connectivity index (χ0v) is 16.2. The minimum atomic E-state index is -0.161. The van der Waals surface area contributed by atoms with Gasteiger partial charge in [-0.15, -0.1) is 0 Å². The van der Waals surface area contributed by atoms with E-state index in [0.29, 0.717) is 28.7 Å². The summed E-state index contributed by atoms with van der Waals surface area (Å²) in [5.41, 5.74) is 6.42. The van der Waals surface area contributed by atoms with Crippen molar-refractivity contribution in [3.05, 3.63) is 33.8 Å². The average molecular weight is 398 g/mol. The number of rotatable bonds is 3. The molecule has 1 aromatic carbocycles. The molecule has 1 aromatic rings. The van der Waals surface area contributed by atoms with Crippen LogP contribution >= 0.6 is 23.2 Å². The Bertz CT molecular complexity index is 675. The van der Waals surface area contributed by atoms with Crippen LogP contribution in [0.5, 0.6) is 0 Å². The zero-order chi connectivity index (χ0) is 18.7. The second-order valence-electron chi connectivity index (χ2n) is 7.34. The number of halogens is 2. The van der Waals surface area contributed by atoms with E-state index in [-0.39, 0.29) is 29.8 Å². The molecule has 2 fully saturated rings. The van der Waals surface area contributed by atoms with Crippen LogP contribution in [-0.2, 0) is 4.79 Å². The molecule has 26 heavy (non-hydrogen) atoms. The van der Waals surface area contributed by atoms with E-state index in [9.17, 15) is 9.59 Å². The molecular weight excluding hydrogens is 373 g/mol. The first-order valence-electron chi connectivity index (χ1n) is 9.24. The van der Waals surface area contributed by atoms with Crippen LogP contribution in [0.15, 0.2) is 18.2 Å². The molecule has 1 unspecified atom stereocenters. The number of hydrogen-bond donors (Lipinski definition) is 2.